The minimum Gasteiger partial charge on any atom is -0.497 e. The molecule has 0 bridgehead atoms. The highest BCUT2D eigenvalue weighted by Gasteiger charge is 2.19. The summed E-state index contributed by atoms with van der Waals surface area (Å²) in [4.78, 5) is 0. The van der Waals surface area contributed by atoms with Crippen molar-refractivity contribution in [1.82, 2.24) is 0 Å². The number of ether oxygens (including phenoxy) is 1. The Morgan fingerprint density at radius 1 is 1.13 bits per heavy atom. The van der Waals surface area contributed by atoms with Crippen LogP contribution in [0.2, 0.25) is 19.6 Å². The molecule has 0 saturated carbocycles. The molecule has 15 heavy (non-hydrogen) atoms. The minimum atomic E-state index is -1.23. The van der Waals surface area contributed by atoms with Gasteiger partial charge in [-0.05, 0) is 24.6 Å². The molecule has 0 aliphatic heterocycles. The van der Waals surface area contributed by atoms with Crippen LogP contribution in [-0.4, -0.2) is 15.2 Å². The van der Waals surface area contributed by atoms with Gasteiger partial charge < -0.3 is 4.74 Å². The fourth-order valence-electron chi connectivity index (χ4n) is 1.80. The number of benzene rings is 1. The molecule has 0 saturated heterocycles. The Bertz CT molecular complexity index is 344. The quantitative estimate of drug-likeness (QED) is 0.700. The van der Waals surface area contributed by atoms with E-state index in [0.29, 0.717) is 0 Å². The largest absolute Gasteiger partial charge is 0.497 e. The van der Waals surface area contributed by atoms with E-state index in [9.17, 15) is 0 Å². The highest BCUT2D eigenvalue weighted by atomic mass is 28.3. The van der Waals surface area contributed by atoms with Crippen LogP contribution in [0.5, 0.6) is 5.75 Å². The predicted molar refractivity (Wildman–Crippen MR) is 70.0 cm³/mol. The monoisotopic (exact) mass is 220 g/mol. The molecule has 0 atom stereocenters. The Balaban J connectivity index is 3.05. The summed E-state index contributed by atoms with van der Waals surface area (Å²) >= 11 is 0. The summed E-state index contributed by atoms with van der Waals surface area (Å²) in [7, 11) is 0.464. The van der Waals surface area contributed by atoms with Crippen LogP contribution < -0.4 is 4.74 Å². The number of rotatable bonds is 3. The molecule has 82 valence electrons. The van der Waals surface area contributed by atoms with Crippen LogP contribution in [-0.2, 0) is 0 Å². The number of hydrogen-bond donors (Lipinski definition) is 0. The summed E-state index contributed by atoms with van der Waals surface area (Å²) in [6.07, 6.45) is 2.24. The lowest BCUT2D eigenvalue weighted by Gasteiger charge is -2.21. The molecule has 0 aromatic heterocycles. The Labute approximate surface area is 93.8 Å². The molecule has 1 aromatic carbocycles. The van der Waals surface area contributed by atoms with Crippen molar-refractivity contribution in [3.63, 3.8) is 0 Å². The van der Waals surface area contributed by atoms with Crippen molar-refractivity contribution in [2.45, 2.75) is 26.6 Å². The van der Waals surface area contributed by atoms with Gasteiger partial charge in [0, 0.05) is 0 Å². The lowest BCUT2D eigenvalue weighted by atomic mass is 10.2. The summed E-state index contributed by atoms with van der Waals surface area (Å²) in [5, 5.41) is 1.50. The van der Waals surface area contributed by atoms with E-state index in [1.54, 1.807) is 7.11 Å². The van der Waals surface area contributed by atoms with Crippen LogP contribution >= 0.6 is 0 Å². The van der Waals surface area contributed by atoms with Crippen LogP contribution in [0.3, 0.4) is 0 Å². The second kappa shape index (κ2) is 4.66. The molecule has 0 aliphatic carbocycles. The van der Waals surface area contributed by atoms with Gasteiger partial charge in [-0.25, -0.2) is 0 Å². The van der Waals surface area contributed by atoms with Gasteiger partial charge in [0.05, 0.1) is 15.2 Å². The molecule has 0 N–H and O–H groups in total. The molecule has 0 unspecified atom stereocenters. The number of allylic oxidation sites excluding steroid dienone is 1. The highest BCUT2D eigenvalue weighted by Crippen LogP contribution is 2.26. The van der Waals surface area contributed by atoms with Crippen molar-refractivity contribution in [2.75, 3.05) is 7.11 Å². The van der Waals surface area contributed by atoms with E-state index in [-0.39, 0.29) is 0 Å². The third kappa shape index (κ3) is 2.96. The SMILES string of the molecule is C/C=C(/c1ccc(OC)cc1)[Si](C)(C)C. The lowest BCUT2D eigenvalue weighted by molar-refractivity contribution is 0.415. The molecule has 0 radical (unpaired) electrons. The van der Waals surface area contributed by atoms with Crippen LogP contribution in [0.25, 0.3) is 5.20 Å². The van der Waals surface area contributed by atoms with Crippen LogP contribution in [0, 0.1) is 0 Å². The van der Waals surface area contributed by atoms with E-state index >= 15 is 0 Å². The van der Waals surface area contributed by atoms with E-state index < -0.39 is 8.07 Å². The van der Waals surface area contributed by atoms with Gasteiger partial charge in [0.1, 0.15) is 5.75 Å². The van der Waals surface area contributed by atoms with Crippen molar-refractivity contribution >= 4 is 13.3 Å². The van der Waals surface area contributed by atoms with Gasteiger partial charge >= 0.3 is 0 Å². The molecule has 2 heteroatoms. The summed E-state index contributed by atoms with van der Waals surface area (Å²) in [5.41, 5.74) is 1.33. The lowest BCUT2D eigenvalue weighted by Crippen LogP contribution is -2.22. The third-order valence-corrected chi connectivity index (χ3v) is 4.69. The molecular weight excluding hydrogens is 200 g/mol. The maximum Gasteiger partial charge on any atom is 0.118 e. The fourth-order valence-corrected chi connectivity index (χ4v) is 3.70. The molecule has 1 nitrogen and oxygen atoms in total. The standard InChI is InChI=1S/C13H20OSi/c1-6-13(15(3,4)5)11-7-9-12(14-2)10-8-11/h6-10H,1-5H3/b13-6-. The molecule has 1 rings (SSSR count). The van der Waals surface area contributed by atoms with Crippen LogP contribution in [0.4, 0.5) is 0 Å². The van der Waals surface area contributed by atoms with E-state index in [0.717, 1.165) is 5.75 Å². The van der Waals surface area contributed by atoms with Crippen LogP contribution in [0.15, 0.2) is 30.3 Å². The summed E-state index contributed by atoms with van der Waals surface area (Å²) < 4.78 is 5.16. The topological polar surface area (TPSA) is 9.23 Å². The molecule has 1 aromatic rings. The Kier molecular flexibility index (Phi) is 3.75. The number of hydrogen-bond acceptors (Lipinski definition) is 1. The molecule has 0 fully saturated rings. The van der Waals surface area contributed by atoms with Crippen LogP contribution in [0.1, 0.15) is 12.5 Å². The van der Waals surface area contributed by atoms with Gasteiger partial charge in [-0.15, -0.1) is 0 Å². The van der Waals surface area contributed by atoms with Crippen molar-refractivity contribution in [2.24, 2.45) is 0 Å². The first-order chi connectivity index (χ1) is 6.99. The van der Waals surface area contributed by atoms with Crippen molar-refractivity contribution in [1.29, 1.82) is 0 Å². The first-order valence-corrected chi connectivity index (χ1v) is 8.80. The molecule has 0 heterocycles. The number of methoxy groups -OCH3 is 1. The van der Waals surface area contributed by atoms with E-state index in [4.69, 9.17) is 4.74 Å². The first kappa shape index (κ1) is 12.0. The third-order valence-electron chi connectivity index (χ3n) is 2.50. The van der Waals surface area contributed by atoms with Gasteiger partial charge in [-0.1, -0.05) is 43.0 Å². The average molecular weight is 220 g/mol. The van der Waals surface area contributed by atoms with Gasteiger partial charge in [0.25, 0.3) is 0 Å². The molecular formula is C13H20OSi. The van der Waals surface area contributed by atoms with E-state index in [1.165, 1.54) is 10.8 Å². The second-order valence-corrected chi connectivity index (χ2v) is 9.72. The average Bonchev–Trinajstić information content (AvgIpc) is 2.18. The fraction of sp³-hybridized carbons (Fsp3) is 0.385. The highest BCUT2D eigenvalue weighted by molar-refractivity contribution is 6.93. The van der Waals surface area contributed by atoms with Crippen molar-refractivity contribution in [3.05, 3.63) is 35.9 Å². The molecule has 0 aliphatic rings. The van der Waals surface area contributed by atoms with Crippen molar-refractivity contribution in [3.8, 4) is 5.75 Å². The maximum atomic E-state index is 5.16. The smallest absolute Gasteiger partial charge is 0.118 e. The zero-order valence-electron chi connectivity index (χ0n) is 10.3. The Hall–Kier alpha value is -1.02. The van der Waals surface area contributed by atoms with E-state index in [1.807, 2.05) is 12.1 Å². The second-order valence-electron chi connectivity index (χ2n) is 4.68. The first-order valence-electron chi connectivity index (χ1n) is 5.30. The van der Waals surface area contributed by atoms with Gasteiger partial charge in [0.15, 0.2) is 0 Å². The maximum absolute atomic E-state index is 5.16. The van der Waals surface area contributed by atoms with Gasteiger partial charge in [-0.3, -0.25) is 0 Å². The van der Waals surface area contributed by atoms with E-state index in [2.05, 4.69) is 44.8 Å². The van der Waals surface area contributed by atoms with Gasteiger partial charge in [0.2, 0.25) is 0 Å². The van der Waals surface area contributed by atoms with Gasteiger partial charge in [-0.2, -0.15) is 0 Å². The molecule has 0 amide bonds. The summed E-state index contributed by atoms with van der Waals surface area (Å²) in [5.74, 6) is 0.921. The molecule has 0 spiro atoms. The predicted octanol–water partition coefficient (Wildman–Crippen LogP) is 3.98. The normalized spacial score (nSPS) is 12.7. The van der Waals surface area contributed by atoms with Crippen molar-refractivity contribution < 1.29 is 4.74 Å². The summed E-state index contributed by atoms with van der Waals surface area (Å²) in [6, 6.07) is 8.34. The zero-order chi connectivity index (χ0) is 11.5. The zero-order valence-corrected chi connectivity index (χ0v) is 11.3. The summed E-state index contributed by atoms with van der Waals surface area (Å²) in [6.45, 7) is 9.23. The Morgan fingerprint density at radius 2 is 1.67 bits per heavy atom. The minimum absolute atomic E-state index is 0.921. The Morgan fingerprint density at radius 3 is 2.00 bits per heavy atom.